The zero-order valence-electron chi connectivity index (χ0n) is 12.0. The molecule has 1 unspecified atom stereocenters. The first-order chi connectivity index (χ1) is 9.65. The van der Waals surface area contributed by atoms with Crippen molar-refractivity contribution < 1.29 is 9.59 Å². The molecule has 1 aromatic carbocycles. The SMILES string of the molecule is CCN(CC(=O)NC)C(=O)C1CNc2ccccc2C1. The Hall–Kier alpha value is -2.04. The van der Waals surface area contributed by atoms with Crippen molar-refractivity contribution in [2.24, 2.45) is 5.92 Å². The summed E-state index contributed by atoms with van der Waals surface area (Å²) in [6, 6.07) is 8.03. The Kier molecular flexibility index (Phi) is 4.61. The Morgan fingerprint density at radius 2 is 2.15 bits per heavy atom. The van der Waals surface area contributed by atoms with Crippen LogP contribution in [0.15, 0.2) is 24.3 Å². The molecule has 0 aromatic heterocycles. The molecule has 20 heavy (non-hydrogen) atoms. The van der Waals surface area contributed by atoms with Crippen LogP contribution in [0.25, 0.3) is 0 Å². The molecule has 0 bridgehead atoms. The second-order valence-electron chi connectivity index (χ2n) is 4.96. The number of rotatable bonds is 4. The van der Waals surface area contributed by atoms with Crippen LogP contribution in [0, 0.1) is 5.92 Å². The van der Waals surface area contributed by atoms with Crippen LogP contribution in [0.4, 0.5) is 5.69 Å². The molecule has 0 radical (unpaired) electrons. The van der Waals surface area contributed by atoms with E-state index in [1.54, 1.807) is 11.9 Å². The molecule has 1 aromatic rings. The van der Waals surface area contributed by atoms with Crippen molar-refractivity contribution in [3.63, 3.8) is 0 Å². The minimum atomic E-state index is -0.135. The summed E-state index contributed by atoms with van der Waals surface area (Å²) in [6.45, 7) is 3.19. The highest BCUT2D eigenvalue weighted by molar-refractivity contribution is 5.86. The van der Waals surface area contributed by atoms with E-state index >= 15 is 0 Å². The van der Waals surface area contributed by atoms with Gasteiger partial charge in [0.25, 0.3) is 0 Å². The van der Waals surface area contributed by atoms with Gasteiger partial charge in [0.05, 0.1) is 12.5 Å². The fourth-order valence-corrected chi connectivity index (χ4v) is 2.47. The number of carbonyl (C=O) groups is 2. The number of nitrogens with one attached hydrogen (secondary N) is 2. The van der Waals surface area contributed by atoms with Gasteiger partial charge in [-0.1, -0.05) is 18.2 Å². The maximum atomic E-state index is 12.5. The van der Waals surface area contributed by atoms with E-state index in [9.17, 15) is 9.59 Å². The second kappa shape index (κ2) is 6.41. The first-order valence-electron chi connectivity index (χ1n) is 6.96. The lowest BCUT2D eigenvalue weighted by Gasteiger charge is -2.30. The summed E-state index contributed by atoms with van der Waals surface area (Å²) in [4.78, 5) is 25.6. The molecule has 1 aliphatic heterocycles. The summed E-state index contributed by atoms with van der Waals surface area (Å²) in [5, 5.41) is 5.85. The van der Waals surface area contributed by atoms with Crippen molar-refractivity contribution in [3.8, 4) is 0 Å². The standard InChI is InChI=1S/C15H21N3O2/c1-3-18(10-14(19)16-2)15(20)12-8-11-6-4-5-7-13(11)17-9-12/h4-7,12,17H,3,8-10H2,1-2H3,(H,16,19). The average molecular weight is 275 g/mol. The number of amides is 2. The highest BCUT2D eigenvalue weighted by Crippen LogP contribution is 2.25. The lowest BCUT2D eigenvalue weighted by atomic mass is 9.93. The number of nitrogens with zero attached hydrogens (tertiary/aromatic N) is 1. The molecule has 2 N–H and O–H groups in total. The van der Waals surface area contributed by atoms with Crippen LogP contribution in [0.5, 0.6) is 0 Å². The minimum Gasteiger partial charge on any atom is -0.384 e. The van der Waals surface area contributed by atoms with E-state index < -0.39 is 0 Å². The lowest BCUT2D eigenvalue weighted by molar-refractivity contribution is -0.138. The molecule has 1 atom stereocenters. The molecular formula is C15H21N3O2. The van der Waals surface area contributed by atoms with Crippen LogP contribution in [0.1, 0.15) is 12.5 Å². The summed E-state index contributed by atoms with van der Waals surface area (Å²) in [5.74, 6) is -0.197. The van der Waals surface area contributed by atoms with Gasteiger partial charge >= 0.3 is 0 Å². The molecule has 1 heterocycles. The third-order valence-corrected chi connectivity index (χ3v) is 3.68. The van der Waals surface area contributed by atoms with Gasteiger partial charge in [-0.25, -0.2) is 0 Å². The largest absolute Gasteiger partial charge is 0.384 e. The topological polar surface area (TPSA) is 61.4 Å². The van der Waals surface area contributed by atoms with E-state index in [4.69, 9.17) is 0 Å². The molecule has 0 saturated heterocycles. The summed E-state index contributed by atoms with van der Waals surface area (Å²) < 4.78 is 0. The van der Waals surface area contributed by atoms with Gasteiger partial charge in [-0.15, -0.1) is 0 Å². The van der Waals surface area contributed by atoms with Crippen molar-refractivity contribution in [3.05, 3.63) is 29.8 Å². The number of para-hydroxylation sites is 1. The van der Waals surface area contributed by atoms with Gasteiger partial charge in [0, 0.05) is 25.8 Å². The second-order valence-corrected chi connectivity index (χ2v) is 4.96. The highest BCUT2D eigenvalue weighted by Gasteiger charge is 2.28. The lowest BCUT2D eigenvalue weighted by Crippen LogP contribution is -2.45. The van der Waals surface area contributed by atoms with E-state index in [0.717, 1.165) is 17.7 Å². The summed E-state index contributed by atoms with van der Waals surface area (Å²) in [5.41, 5.74) is 2.26. The molecule has 1 aliphatic rings. The normalized spacial score (nSPS) is 16.8. The Morgan fingerprint density at radius 3 is 2.85 bits per heavy atom. The number of likely N-dealkylation sites (N-methyl/N-ethyl adjacent to an activating group) is 2. The van der Waals surface area contributed by atoms with Crippen LogP contribution < -0.4 is 10.6 Å². The number of fused-ring (bicyclic) bond motifs is 1. The van der Waals surface area contributed by atoms with Crippen molar-refractivity contribution in [1.29, 1.82) is 0 Å². The van der Waals surface area contributed by atoms with E-state index in [-0.39, 0.29) is 24.3 Å². The molecule has 108 valence electrons. The molecule has 5 nitrogen and oxygen atoms in total. The number of hydrogen-bond donors (Lipinski definition) is 2. The Bertz CT molecular complexity index is 502. The van der Waals surface area contributed by atoms with Gasteiger partial charge < -0.3 is 15.5 Å². The first-order valence-corrected chi connectivity index (χ1v) is 6.96. The molecule has 0 saturated carbocycles. The fourth-order valence-electron chi connectivity index (χ4n) is 2.47. The third kappa shape index (κ3) is 3.10. The van der Waals surface area contributed by atoms with Crippen LogP contribution in [0.2, 0.25) is 0 Å². The Labute approximate surface area is 119 Å². The van der Waals surface area contributed by atoms with Crippen LogP contribution in [-0.4, -0.2) is 43.4 Å². The molecular weight excluding hydrogens is 254 g/mol. The first kappa shape index (κ1) is 14.4. The van der Waals surface area contributed by atoms with E-state index in [1.807, 2.05) is 31.2 Å². The van der Waals surface area contributed by atoms with E-state index in [1.165, 1.54) is 0 Å². The van der Waals surface area contributed by atoms with Crippen molar-refractivity contribution in [2.75, 3.05) is 32.0 Å². The van der Waals surface area contributed by atoms with Crippen LogP contribution in [0.3, 0.4) is 0 Å². The van der Waals surface area contributed by atoms with Gasteiger partial charge in [-0.3, -0.25) is 9.59 Å². The molecule has 0 aliphatic carbocycles. The average Bonchev–Trinajstić information content (AvgIpc) is 2.51. The highest BCUT2D eigenvalue weighted by atomic mass is 16.2. The number of benzene rings is 1. The molecule has 5 heteroatoms. The van der Waals surface area contributed by atoms with Gasteiger partial charge in [0.2, 0.25) is 11.8 Å². The quantitative estimate of drug-likeness (QED) is 0.857. The maximum absolute atomic E-state index is 12.5. The van der Waals surface area contributed by atoms with E-state index in [0.29, 0.717) is 13.1 Å². The molecule has 0 fully saturated rings. The predicted molar refractivity (Wildman–Crippen MR) is 78.4 cm³/mol. The number of anilines is 1. The zero-order valence-corrected chi connectivity index (χ0v) is 12.0. The van der Waals surface area contributed by atoms with Crippen LogP contribution in [-0.2, 0) is 16.0 Å². The molecule has 2 amide bonds. The fraction of sp³-hybridized carbons (Fsp3) is 0.467. The predicted octanol–water partition coefficient (Wildman–Crippen LogP) is 0.865. The third-order valence-electron chi connectivity index (χ3n) is 3.68. The summed E-state index contributed by atoms with van der Waals surface area (Å²) in [6.07, 6.45) is 0.728. The van der Waals surface area contributed by atoms with Gasteiger partial charge in [0.15, 0.2) is 0 Å². The smallest absolute Gasteiger partial charge is 0.239 e. The minimum absolute atomic E-state index is 0.0399. The van der Waals surface area contributed by atoms with Crippen molar-refractivity contribution in [1.82, 2.24) is 10.2 Å². The summed E-state index contributed by atoms with van der Waals surface area (Å²) >= 11 is 0. The molecule has 2 rings (SSSR count). The monoisotopic (exact) mass is 275 g/mol. The van der Waals surface area contributed by atoms with Crippen LogP contribution >= 0.6 is 0 Å². The number of hydrogen-bond acceptors (Lipinski definition) is 3. The van der Waals surface area contributed by atoms with Gasteiger partial charge in [0.1, 0.15) is 0 Å². The van der Waals surface area contributed by atoms with Gasteiger partial charge in [-0.2, -0.15) is 0 Å². The maximum Gasteiger partial charge on any atom is 0.239 e. The Balaban J connectivity index is 2.04. The van der Waals surface area contributed by atoms with Gasteiger partial charge in [-0.05, 0) is 25.0 Å². The van der Waals surface area contributed by atoms with Crippen molar-refractivity contribution >= 4 is 17.5 Å². The summed E-state index contributed by atoms with van der Waals surface area (Å²) in [7, 11) is 1.58. The van der Waals surface area contributed by atoms with E-state index in [2.05, 4.69) is 10.6 Å². The number of carbonyl (C=O) groups excluding carboxylic acids is 2. The zero-order chi connectivity index (χ0) is 14.5. The van der Waals surface area contributed by atoms with Crippen molar-refractivity contribution in [2.45, 2.75) is 13.3 Å². The Morgan fingerprint density at radius 1 is 1.40 bits per heavy atom. The molecule has 0 spiro atoms.